The van der Waals surface area contributed by atoms with Crippen molar-refractivity contribution in [2.45, 2.75) is 9.79 Å². The van der Waals surface area contributed by atoms with Crippen molar-refractivity contribution in [3.8, 4) is 5.75 Å². The number of carbonyl (C=O) groups excluding carboxylic acids is 1. The molecule has 1 heterocycles. The predicted molar refractivity (Wildman–Crippen MR) is 139 cm³/mol. The number of halogens is 1. The molecule has 0 radical (unpaired) electrons. The lowest BCUT2D eigenvalue weighted by Crippen LogP contribution is -2.40. The van der Waals surface area contributed by atoms with Crippen LogP contribution in [0.2, 0.25) is 5.02 Å². The van der Waals surface area contributed by atoms with Crippen molar-refractivity contribution < 1.29 is 31.1 Å². The number of rotatable bonds is 8. The first-order valence-electron chi connectivity index (χ1n) is 11.1. The summed E-state index contributed by atoms with van der Waals surface area (Å²) in [5.74, 6) is -0.460. The van der Waals surface area contributed by atoms with Crippen LogP contribution in [-0.2, 0) is 24.8 Å². The van der Waals surface area contributed by atoms with E-state index in [0.29, 0.717) is 16.4 Å². The fraction of sp³-hybridized carbons (Fsp3) is 0.208. The fourth-order valence-corrected chi connectivity index (χ4v) is 6.46. The molecule has 1 saturated heterocycles. The van der Waals surface area contributed by atoms with Crippen molar-refractivity contribution in [3.05, 3.63) is 77.3 Å². The minimum atomic E-state index is -3.92. The SMILES string of the molecule is COc1ccc(C(=O)Nc2ccc(S(=O)(=O)Nc3cccc(Cl)c3)cc2)cc1S(=O)(=O)N1CCOCC1. The van der Waals surface area contributed by atoms with E-state index >= 15 is 0 Å². The average molecular weight is 566 g/mol. The van der Waals surface area contributed by atoms with Crippen LogP contribution >= 0.6 is 11.6 Å². The van der Waals surface area contributed by atoms with Crippen LogP contribution in [0.25, 0.3) is 0 Å². The molecule has 3 aromatic carbocycles. The summed E-state index contributed by atoms with van der Waals surface area (Å²) >= 11 is 5.91. The normalized spacial score (nSPS) is 14.6. The van der Waals surface area contributed by atoms with Crippen molar-refractivity contribution in [1.29, 1.82) is 0 Å². The van der Waals surface area contributed by atoms with Gasteiger partial charge in [0.25, 0.3) is 15.9 Å². The van der Waals surface area contributed by atoms with Gasteiger partial charge in [-0.25, -0.2) is 16.8 Å². The van der Waals surface area contributed by atoms with E-state index in [9.17, 15) is 21.6 Å². The summed E-state index contributed by atoms with van der Waals surface area (Å²) in [7, 11) is -6.45. The molecule has 0 aromatic heterocycles. The van der Waals surface area contributed by atoms with Gasteiger partial charge < -0.3 is 14.8 Å². The molecule has 0 spiro atoms. The Balaban J connectivity index is 1.51. The van der Waals surface area contributed by atoms with E-state index in [1.54, 1.807) is 18.2 Å². The number of nitrogens with one attached hydrogen (secondary N) is 2. The summed E-state index contributed by atoms with van der Waals surface area (Å²) in [6, 6.07) is 16.0. The van der Waals surface area contributed by atoms with Crippen molar-refractivity contribution in [1.82, 2.24) is 4.31 Å². The highest BCUT2D eigenvalue weighted by atomic mass is 35.5. The Kier molecular flexibility index (Phi) is 8.05. The lowest BCUT2D eigenvalue weighted by atomic mass is 10.2. The molecule has 0 aliphatic carbocycles. The molecule has 13 heteroatoms. The van der Waals surface area contributed by atoms with Crippen LogP contribution in [0.4, 0.5) is 11.4 Å². The third-order valence-electron chi connectivity index (χ3n) is 5.51. The summed E-state index contributed by atoms with van der Waals surface area (Å²) in [6.45, 7) is 0.955. The van der Waals surface area contributed by atoms with Crippen LogP contribution in [-0.4, -0.2) is 60.5 Å². The number of amides is 1. The van der Waals surface area contributed by atoms with Crippen LogP contribution in [0.15, 0.2) is 76.5 Å². The Morgan fingerprint density at radius 3 is 2.30 bits per heavy atom. The molecule has 1 aliphatic rings. The number of ether oxygens (including phenoxy) is 2. The van der Waals surface area contributed by atoms with E-state index in [0.717, 1.165) is 0 Å². The molecule has 196 valence electrons. The largest absolute Gasteiger partial charge is 0.495 e. The predicted octanol–water partition coefficient (Wildman–Crippen LogP) is 3.42. The molecule has 37 heavy (non-hydrogen) atoms. The highest BCUT2D eigenvalue weighted by Crippen LogP contribution is 2.29. The Labute approximate surface area is 220 Å². The molecule has 0 unspecified atom stereocenters. The highest BCUT2D eigenvalue weighted by Gasteiger charge is 2.30. The molecule has 0 atom stereocenters. The molecule has 0 saturated carbocycles. The first-order chi connectivity index (χ1) is 17.6. The van der Waals surface area contributed by atoms with Gasteiger partial charge in [-0.15, -0.1) is 0 Å². The standard InChI is InChI=1S/C24H24ClN3O7S2/c1-34-22-10-5-17(15-23(22)37(32,33)28-11-13-35-14-12-28)24(29)26-19-6-8-21(9-7-19)36(30,31)27-20-4-2-3-18(25)16-20/h2-10,15-16,27H,11-14H2,1H3,(H,26,29). The number of methoxy groups -OCH3 is 1. The van der Waals surface area contributed by atoms with Crippen LogP contribution in [0.3, 0.4) is 0 Å². The highest BCUT2D eigenvalue weighted by molar-refractivity contribution is 7.92. The Hall–Kier alpha value is -3.16. The van der Waals surface area contributed by atoms with Gasteiger partial charge in [0.2, 0.25) is 10.0 Å². The zero-order valence-electron chi connectivity index (χ0n) is 19.7. The Morgan fingerprint density at radius 2 is 1.65 bits per heavy atom. The third-order valence-corrected chi connectivity index (χ3v) is 9.07. The maximum Gasteiger partial charge on any atom is 0.261 e. The van der Waals surface area contributed by atoms with Gasteiger partial charge in [0.1, 0.15) is 10.6 Å². The van der Waals surface area contributed by atoms with Gasteiger partial charge in [0.15, 0.2) is 0 Å². The smallest absolute Gasteiger partial charge is 0.261 e. The number of nitrogens with zero attached hydrogens (tertiary/aromatic N) is 1. The van der Waals surface area contributed by atoms with Gasteiger partial charge in [-0.2, -0.15) is 4.31 Å². The average Bonchev–Trinajstić information content (AvgIpc) is 2.89. The number of sulfonamides is 2. The minimum absolute atomic E-state index is 0.0196. The van der Waals surface area contributed by atoms with Crippen molar-refractivity contribution in [3.63, 3.8) is 0 Å². The Morgan fingerprint density at radius 1 is 0.946 bits per heavy atom. The maximum absolute atomic E-state index is 13.2. The van der Waals surface area contributed by atoms with Gasteiger partial charge in [0, 0.05) is 29.4 Å². The first-order valence-corrected chi connectivity index (χ1v) is 14.4. The molecule has 1 amide bonds. The summed E-state index contributed by atoms with van der Waals surface area (Å²) in [5, 5.41) is 3.04. The molecular formula is C24H24ClN3O7S2. The monoisotopic (exact) mass is 565 g/mol. The summed E-state index contributed by atoms with van der Waals surface area (Å²) < 4.78 is 65.9. The van der Waals surface area contributed by atoms with E-state index < -0.39 is 26.0 Å². The molecule has 1 aliphatic heterocycles. The second-order valence-electron chi connectivity index (χ2n) is 7.98. The molecule has 10 nitrogen and oxygen atoms in total. The molecular weight excluding hydrogens is 542 g/mol. The van der Waals surface area contributed by atoms with Crippen LogP contribution < -0.4 is 14.8 Å². The van der Waals surface area contributed by atoms with Gasteiger partial charge in [-0.1, -0.05) is 17.7 Å². The number of carbonyl (C=O) groups is 1. The topological polar surface area (TPSA) is 131 Å². The van der Waals surface area contributed by atoms with Gasteiger partial charge in [-0.3, -0.25) is 9.52 Å². The van der Waals surface area contributed by atoms with Crippen LogP contribution in [0, 0.1) is 0 Å². The number of hydrogen-bond acceptors (Lipinski definition) is 7. The number of hydrogen-bond donors (Lipinski definition) is 2. The lowest BCUT2D eigenvalue weighted by molar-refractivity contribution is 0.0729. The lowest BCUT2D eigenvalue weighted by Gasteiger charge is -2.26. The second-order valence-corrected chi connectivity index (χ2v) is 12.0. The zero-order chi connectivity index (χ0) is 26.6. The van der Waals surface area contributed by atoms with E-state index in [1.807, 2.05) is 0 Å². The van der Waals surface area contributed by atoms with E-state index in [4.69, 9.17) is 21.1 Å². The first kappa shape index (κ1) is 26.9. The third kappa shape index (κ3) is 6.22. The molecule has 2 N–H and O–H groups in total. The maximum atomic E-state index is 13.2. The quantitative estimate of drug-likeness (QED) is 0.428. The van der Waals surface area contributed by atoms with Gasteiger partial charge in [0.05, 0.1) is 30.9 Å². The molecule has 3 aromatic rings. The van der Waals surface area contributed by atoms with Crippen LogP contribution in [0.5, 0.6) is 5.75 Å². The van der Waals surface area contributed by atoms with Crippen LogP contribution in [0.1, 0.15) is 10.4 Å². The van der Waals surface area contributed by atoms with Gasteiger partial charge in [-0.05, 0) is 60.7 Å². The van der Waals surface area contributed by atoms with Gasteiger partial charge >= 0.3 is 0 Å². The summed E-state index contributed by atoms with van der Waals surface area (Å²) in [5.41, 5.74) is 0.722. The molecule has 4 rings (SSSR count). The number of benzene rings is 3. The second kappa shape index (κ2) is 11.1. The number of morpholine rings is 1. The van der Waals surface area contributed by atoms with Crippen molar-refractivity contribution >= 4 is 48.9 Å². The van der Waals surface area contributed by atoms with Crippen molar-refractivity contribution in [2.75, 3.05) is 43.5 Å². The Bertz CT molecular complexity index is 1510. The number of anilines is 2. The van der Waals surface area contributed by atoms with E-state index in [1.165, 1.54) is 59.9 Å². The summed E-state index contributed by atoms with van der Waals surface area (Å²) in [4.78, 5) is 12.8. The molecule has 0 bridgehead atoms. The fourth-order valence-electron chi connectivity index (χ4n) is 3.63. The van der Waals surface area contributed by atoms with E-state index in [-0.39, 0.29) is 47.4 Å². The van der Waals surface area contributed by atoms with Crippen molar-refractivity contribution in [2.24, 2.45) is 0 Å². The minimum Gasteiger partial charge on any atom is -0.495 e. The zero-order valence-corrected chi connectivity index (χ0v) is 22.1. The van der Waals surface area contributed by atoms with E-state index in [2.05, 4.69) is 10.0 Å². The summed E-state index contributed by atoms with van der Waals surface area (Å²) in [6.07, 6.45) is 0. The molecule has 1 fully saturated rings.